The molecular formula is C45H26N4S. The lowest BCUT2D eigenvalue weighted by molar-refractivity contribution is 1.07. The van der Waals surface area contributed by atoms with E-state index < -0.39 is 0 Å². The zero-order chi connectivity index (χ0) is 32.8. The van der Waals surface area contributed by atoms with Gasteiger partial charge < -0.3 is 4.57 Å². The van der Waals surface area contributed by atoms with Crippen LogP contribution < -0.4 is 0 Å². The summed E-state index contributed by atoms with van der Waals surface area (Å²) < 4.78 is 5.06. The molecule has 0 aliphatic rings. The number of aromatic nitrogens is 4. The van der Waals surface area contributed by atoms with Crippen molar-refractivity contribution < 1.29 is 0 Å². The monoisotopic (exact) mass is 654 g/mol. The normalized spacial score (nSPS) is 12.0. The van der Waals surface area contributed by atoms with Crippen molar-refractivity contribution in [2.24, 2.45) is 0 Å². The van der Waals surface area contributed by atoms with E-state index in [-0.39, 0.29) is 0 Å². The molecule has 0 unspecified atom stereocenters. The summed E-state index contributed by atoms with van der Waals surface area (Å²) in [4.78, 5) is 14.9. The molecule has 0 aliphatic carbocycles. The van der Waals surface area contributed by atoms with Crippen LogP contribution in [0.3, 0.4) is 0 Å². The first kappa shape index (κ1) is 27.5. The van der Waals surface area contributed by atoms with E-state index in [1.807, 2.05) is 72.0 Å². The van der Waals surface area contributed by atoms with Gasteiger partial charge in [-0.25, -0.2) is 15.0 Å². The zero-order valence-electron chi connectivity index (χ0n) is 26.7. The summed E-state index contributed by atoms with van der Waals surface area (Å²) in [5.74, 6) is 1.97. The molecule has 0 radical (unpaired) electrons. The van der Waals surface area contributed by atoms with E-state index in [0.29, 0.717) is 17.5 Å². The molecule has 3 heterocycles. The van der Waals surface area contributed by atoms with E-state index >= 15 is 0 Å². The summed E-state index contributed by atoms with van der Waals surface area (Å²) in [5, 5.41) is 10.2. The molecule has 232 valence electrons. The van der Waals surface area contributed by atoms with Crippen LogP contribution in [-0.4, -0.2) is 19.5 Å². The van der Waals surface area contributed by atoms with Gasteiger partial charge in [-0.05, 0) is 64.0 Å². The minimum absolute atomic E-state index is 0.652. The van der Waals surface area contributed by atoms with Crippen molar-refractivity contribution in [2.45, 2.75) is 0 Å². The molecule has 11 rings (SSSR count). The van der Waals surface area contributed by atoms with Gasteiger partial charge in [-0.1, -0.05) is 115 Å². The van der Waals surface area contributed by atoms with Crippen LogP contribution in [0.4, 0.5) is 0 Å². The molecule has 11 aromatic rings. The highest BCUT2D eigenvalue weighted by Crippen LogP contribution is 2.46. The molecule has 0 aliphatic heterocycles. The van der Waals surface area contributed by atoms with Crippen molar-refractivity contribution in [3.63, 3.8) is 0 Å². The Morgan fingerprint density at radius 1 is 0.360 bits per heavy atom. The summed E-state index contributed by atoms with van der Waals surface area (Å²) in [6.45, 7) is 0. The highest BCUT2D eigenvalue weighted by atomic mass is 32.1. The van der Waals surface area contributed by atoms with Crippen molar-refractivity contribution in [1.29, 1.82) is 0 Å². The third-order valence-corrected chi connectivity index (χ3v) is 11.1. The number of rotatable bonds is 4. The summed E-state index contributed by atoms with van der Waals surface area (Å²) in [7, 11) is 0. The van der Waals surface area contributed by atoms with Crippen LogP contribution >= 0.6 is 11.3 Å². The number of fused-ring (bicyclic) bond motifs is 1. The molecule has 0 atom stereocenters. The summed E-state index contributed by atoms with van der Waals surface area (Å²) in [5.41, 5.74) is 6.44. The predicted molar refractivity (Wildman–Crippen MR) is 210 cm³/mol. The van der Waals surface area contributed by atoms with Gasteiger partial charge in [0, 0.05) is 53.3 Å². The number of hydrogen-bond donors (Lipinski definition) is 0. The highest BCUT2D eigenvalue weighted by Gasteiger charge is 2.21. The number of benzene rings is 8. The Morgan fingerprint density at radius 2 is 0.880 bits per heavy atom. The van der Waals surface area contributed by atoms with Crippen molar-refractivity contribution in [3.8, 4) is 39.9 Å². The van der Waals surface area contributed by atoms with Gasteiger partial charge in [0.05, 0.1) is 11.0 Å². The fraction of sp³-hybridized carbons (Fsp3) is 0. The Bertz CT molecular complexity index is 2930. The Labute approximate surface area is 290 Å². The molecule has 3 aromatic heterocycles. The van der Waals surface area contributed by atoms with Gasteiger partial charge in [-0.15, -0.1) is 11.3 Å². The lowest BCUT2D eigenvalue weighted by Gasteiger charge is -2.12. The van der Waals surface area contributed by atoms with E-state index in [2.05, 4.69) is 102 Å². The van der Waals surface area contributed by atoms with Gasteiger partial charge in [0.1, 0.15) is 0 Å². The van der Waals surface area contributed by atoms with Gasteiger partial charge in [-0.2, -0.15) is 0 Å². The second-order valence-corrected chi connectivity index (χ2v) is 13.9. The standard InChI is InChI=1S/C45H26N4S/c1-3-9-30(10-4-1)43-46-44(31-11-5-2-6-12-31)48-45(47-43)32-18-17-27-19-22-34(26-33(27)25-32)49-35-23-20-28-13-7-15-37-39(28)41(35)42-36(49)24-21-29-14-8-16-38(50-37)40(29)42/h1-26H. The Balaban J connectivity index is 1.15. The Morgan fingerprint density at radius 3 is 1.46 bits per heavy atom. The second kappa shape index (κ2) is 10.5. The second-order valence-electron chi connectivity index (χ2n) is 12.8. The van der Waals surface area contributed by atoms with Crippen LogP contribution in [0.15, 0.2) is 158 Å². The van der Waals surface area contributed by atoms with Crippen molar-refractivity contribution in [2.75, 3.05) is 0 Å². The maximum atomic E-state index is 5.00. The molecule has 0 saturated carbocycles. The first-order valence-electron chi connectivity index (χ1n) is 16.8. The molecule has 0 bridgehead atoms. The average Bonchev–Trinajstić information content (AvgIpc) is 3.44. The molecule has 0 fully saturated rings. The quantitative estimate of drug-likeness (QED) is 0.190. The SMILES string of the molecule is c1ccc(-c2nc(-c3ccccc3)nc(-c3ccc4ccc(-n5c6ccc7cccc8sc9cccc%10ccc5c(c%109)c6c78)cc4c3)n2)cc1. The number of nitrogens with zero attached hydrogens (tertiary/aromatic N) is 4. The molecular weight excluding hydrogens is 629 g/mol. The Kier molecular flexibility index (Phi) is 5.80. The van der Waals surface area contributed by atoms with Crippen LogP contribution in [0.5, 0.6) is 0 Å². The minimum atomic E-state index is 0.652. The fourth-order valence-corrected chi connectivity index (χ4v) is 8.87. The van der Waals surface area contributed by atoms with Crippen LogP contribution in [0.25, 0.3) is 103 Å². The average molecular weight is 655 g/mol. The third-order valence-electron chi connectivity index (χ3n) is 9.96. The molecule has 8 aromatic carbocycles. The van der Waals surface area contributed by atoms with E-state index in [0.717, 1.165) is 33.2 Å². The first-order valence-corrected chi connectivity index (χ1v) is 17.6. The van der Waals surface area contributed by atoms with Crippen molar-refractivity contribution in [3.05, 3.63) is 158 Å². The zero-order valence-corrected chi connectivity index (χ0v) is 27.5. The first-order chi connectivity index (χ1) is 24.8. The predicted octanol–water partition coefficient (Wildman–Crippen LogP) is 12.1. The molecule has 0 spiro atoms. The smallest absolute Gasteiger partial charge is 0.164 e. The van der Waals surface area contributed by atoms with Crippen molar-refractivity contribution >= 4 is 74.9 Å². The van der Waals surface area contributed by atoms with Crippen LogP contribution in [0, 0.1) is 0 Å². The molecule has 4 nitrogen and oxygen atoms in total. The summed E-state index contributed by atoms with van der Waals surface area (Å²) in [6.07, 6.45) is 0. The maximum Gasteiger partial charge on any atom is 0.164 e. The van der Waals surface area contributed by atoms with Gasteiger partial charge in [0.25, 0.3) is 0 Å². The topological polar surface area (TPSA) is 43.6 Å². The summed E-state index contributed by atoms with van der Waals surface area (Å²) >= 11 is 1.89. The van der Waals surface area contributed by atoms with E-state index in [4.69, 9.17) is 15.0 Å². The number of hydrogen-bond acceptors (Lipinski definition) is 4. The van der Waals surface area contributed by atoms with E-state index in [1.165, 1.54) is 52.8 Å². The lowest BCUT2D eigenvalue weighted by Crippen LogP contribution is -2.00. The molecule has 50 heavy (non-hydrogen) atoms. The Hall–Kier alpha value is -6.43. The van der Waals surface area contributed by atoms with Gasteiger partial charge >= 0.3 is 0 Å². The van der Waals surface area contributed by atoms with E-state index in [1.54, 1.807) is 0 Å². The van der Waals surface area contributed by atoms with Gasteiger partial charge in [-0.3, -0.25) is 0 Å². The highest BCUT2D eigenvalue weighted by molar-refractivity contribution is 7.24. The molecule has 0 saturated heterocycles. The molecule has 0 amide bonds. The summed E-state index contributed by atoms with van der Waals surface area (Å²) in [6, 6.07) is 56.1. The van der Waals surface area contributed by atoms with Crippen LogP contribution in [0.1, 0.15) is 0 Å². The van der Waals surface area contributed by atoms with Crippen LogP contribution in [-0.2, 0) is 0 Å². The molecule has 0 N–H and O–H groups in total. The third kappa shape index (κ3) is 4.08. The van der Waals surface area contributed by atoms with Crippen molar-refractivity contribution in [1.82, 2.24) is 19.5 Å². The molecule has 5 heteroatoms. The minimum Gasteiger partial charge on any atom is -0.309 e. The van der Waals surface area contributed by atoms with Gasteiger partial charge in [0.2, 0.25) is 0 Å². The fourth-order valence-electron chi connectivity index (χ4n) is 7.69. The van der Waals surface area contributed by atoms with Crippen LogP contribution in [0.2, 0.25) is 0 Å². The maximum absolute atomic E-state index is 5.00. The lowest BCUT2D eigenvalue weighted by atomic mass is 10.00. The van der Waals surface area contributed by atoms with E-state index in [9.17, 15) is 0 Å². The largest absolute Gasteiger partial charge is 0.309 e. The van der Waals surface area contributed by atoms with Gasteiger partial charge in [0.15, 0.2) is 17.5 Å².